The zero-order valence-electron chi connectivity index (χ0n) is 17.5. The van der Waals surface area contributed by atoms with E-state index >= 15 is 0 Å². The van der Waals surface area contributed by atoms with Crippen LogP contribution < -0.4 is 4.90 Å². The van der Waals surface area contributed by atoms with Crippen LogP contribution in [0.1, 0.15) is 41.1 Å². The number of nitrogens with zero attached hydrogens (tertiary/aromatic N) is 3. The number of esters is 1. The quantitative estimate of drug-likeness (QED) is 0.770. The number of pyridine rings is 1. The zero-order chi connectivity index (χ0) is 20.4. The molecule has 1 aromatic rings. The molecule has 1 fully saturated rings. The van der Waals surface area contributed by atoms with Crippen LogP contribution in [0.3, 0.4) is 0 Å². The average Bonchev–Trinajstić information content (AvgIpc) is 2.58. The minimum atomic E-state index is -2.48. The molecule has 0 aromatic carbocycles. The summed E-state index contributed by atoms with van der Waals surface area (Å²) in [6.45, 7) is 4.59. The van der Waals surface area contributed by atoms with Crippen LogP contribution in [0.25, 0.3) is 0 Å². The summed E-state index contributed by atoms with van der Waals surface area (Å²) in [7, 11) is 1.21. The molecule has 132 valence electrons. The molecule has 7 nitrogen and oxygen atoms in total. The van der Waals surface area contributed by atoms with E-state index in [4.69, 9.17) is 8.85 Å². The standard InChI is InChI=1S/C17H25N3O4/c1-12-14(7-6-13(18-12)15(21)23-5)19-8-10-20(11-9-19)16(22)24-17(2,3)4/h6-7H,8-11H2,1-5H3/i1D3. The van der Waals surface area contributed by atoms with Gasteiger partial charge >= 0.3 is 12.1 Å². The molecule has 0 unspecified atom stereocenters. The van der Waals surface area contributed by atoms with Gasteiger partial charge in [0.05, 0.1) is 18.5 Å². The van der Waals surface area contributed by atoms with E-state index in [1.54, 1.807) is 31.7 Å². The van der Waals surface area contributed by atoms with E-state index in [1.807, 2.05) is 4.90 Å². The van der Waals surface area contributed by atoms with Crippen molar-refractivity contribution < 1.29 is 23.2 Å². The van der Waals surface area contributed by atoms with Gasteiger partial charge < -0.3 is 19.3 Å². The lowest BCUT2D eigenvalue weighted by Crippen LogP contribution is -2.50. The predicted octanol–water partition coefficient (Wildman–Crippen LogP) is 2.23. The molecule has 2 rings (SSSR count). The number of aromatic nitrogens is 1. The fraction of sp³-hybridized carbons (Fsp3) is 0.588. The van der Waals surface area contributed by atoms with E-state index < -0.39 is 24.5 Å². The third kappa shape index (κ3) is 4.37. The highest BCUT2D eigenvalue weighted by Gasteiger charge is 2.26. The average molecular weight is 338 g/mol. The molecule has 1 amide bonds. The molecule has 0 bridgehead atoms. The van der Waals surface area contributed by atoms with Gasteiger partial charge in [-0.25, -0.2) is 14.6 Å². The Balaban J connectivity index is 2.18. The highest BCUT2D eigenvalue weighted by atomic mass is 16.6. The maximum Gasteiger partial charge on any atom is 0.410 e. The molecule has 1 aliphatic heterocycles. The molecular weight excluding hydrogens is 310 g/mol. The topological polar surface area (TPSA) is 72.0 Å². The lowest BCUT2D eigenvalue weighted by molar-refractivity contribution is 0.0240. The maximum absolute atomic E-state index is 12.2. The van der Waals surface area contributed by atoms with Crippen molar-refractivity contribution in [1.82, 2.24) is 9.88 Å². The van der Waals surface area contributed by atoms with Crippen molar-refractivity contribution in [1.29, 1.82) is 0 Å². The first-order valence-corrected chi connectivity index (χ1v) is 7.75. The Morgan fingerprint density at radius 1 is 1.21 bits per heavy atom. The summed E-state index contributed by atoms with van der Waals surface area (Å²) in [5.41, 5.74) is -0.363. The summed E-state index contributed by atoms with van der Waals surface area (Å²) >= 11 is 0. The number of methoxy groups -OCH3 is 1. The highest BCUT2D eigenvalue weighted by molar-refractivity contribution is 5.87. The van der Waals surface area contributed by atoms with Crippen LogP contribution in [-0.2, 0) is 9.47 Å². The normalized spacial score (nSPS) is 17.6. The Bertz CT molecular complexity index is 708. The van der Waals surface area contributed by atoms with Crippen LogP contribution in [0, 0.1) is 6.85 Å². The Morgan fingerprint density at radius 3 is 2.42 bits per heavy atom. The van der Waals surface area contributed by atoms with Gasteiger partial charge in [-0.3, -0.25) is 0 Å². The summed E-state index contributed by atoms with van der Waals surface area (Å²) in [5, 5.41) is 0. The van der Waals surface area contributed by atoms with Crippen LogP contribution in [0.5, 0.6) is 0 Å². The second kappa shape index (κ2) is 7.07. The third-order valence-electron chi connectivity index (χ3n) is 3.54. The second-order valence-electron chi connectivity index (χ2n) is 6.51. The number of rotatable bonds is 2. The van der Waals surface area contributed by atoms with Crippen molar-refractivity contribution in [3.05, 3.63) is 23.5 Å². The Kier molecular flexibility index (Phi) is 4.14. The number of ether oxygens (including phenoxy) is 2. The lowest BCUT2D eigenvalue weighted by atomic mass is 10.2. The Hall–Kier alpha value is -2.31. The van der Waals surface area contributed by atoms with Gasteiger partial charge in [-0.1, -0.05) is 0 Å². The monoisotopic (exact) mass is 338 g/mol. The van der Waals surface area contributed by atoms with Crippen LogP contribution >= 0.6 is 0 Å². The molecule has 0 aliphatic carbocycles. The molecule has 1 aliphatic rings. The summed E-state index contributed by atoms with van der Waals surface area (Å²) in [6, 6.07) is 3.00. The Morgan fingerprint density at radius 2 is 1.88 bits per heavy atom. The van der Waals surface area contributed by atoms with Crippen LogP contribution in [0.15, 0.2) is 12.1 Å². The smallest absolute Gasteiger partial charge is 0.410 e. The molecule has 7 heteroatoms. The highest BCUT2D eigenvalue weighted by Crippen LogP contribution is 2.21. The molecule has 1 aromatic heterocycles. The minimum Gasteiger partial charge on any atom is -0.464 e. The van der Waals surface area contributed by atoms with Crippen molar-refractivity contribution in [3.8, 4) is 0 Å². The van der Waals surface area contributed by atoms with E-state index in [1.165, 1.54) is 13.2 Å². The van der Waals surface area contributed by atoms with Crippen molar-refractivity contribution in [2.24, 2.45) is 0 Å². The lowest BCUT2D eigenvalue weighted by Gasteiger charge is -2.37. The van der Waals surface area contributed by atoms with Crippen LogP contribution in [-0.4, -0.2) is 60.8 Å². The van der Waals surface area contributed by atoms with E-state index in [-0.39, 0.29) is 11.4 Å². The number of amides is 1. The van der Waals surface area contributed by atoms with Gasteiger partial charge in [-0.15, -0.1) is 0 Å². The molecule has 0 atom stereocenters. The van der Waals surface area contributed by atoms with Gasteiger partial charge in [0.25, 0.3) is 0 Å². The first kappa shape index (κ1) is 14.1. The zero-order valence-corrected chi connectivity index (χ0v) is 14.5. The largest absolute Gasteiger partial charge is 0.464 e. The molecule has 0 saturated carbocycles. The first-order chi connectivity index (χ1) is 12.4. The molecule has 1 saturated heterocycles. The van der Waals surface area contributed by atoms with Crippen molar-refractivity contribution in [2.45, 2.75) is 33.2 Å². The van der Waals surface area contributed by atoms with Gasteiger partial charge in [-0.2, -0.15) is 0 Å². The summed E-state index contributed by atoms with van der Waals surface area (Å²) in [5.74, 6) is -0.693. The van der Waals surface area contributed by atoms with Crippen LogP contribution in [0.2, 0.25) is 0 Å². The number of piperazine rings is 1. The first-order valence-electron chi connectivity index (χ1n) is 9.25. The molecule has 24 heavy (non-hydrogen) atoms. The van der Waals surface area contributed by atoms with E-state index in [2.05, 4.69) is 9.72 Å². The predicted molar refractivity (Wildman–Crippen MR) is 90.3 cm³/mol. The van der Waals surface area contributed by atoms with Crippen LogP contribution in [0.4, 0.5) is 10.5 Å². The van der Waals surface area contributed by atoms with Gasteiger partial charge in [0.2, 0.25) is 0 Å². The fourth-order valence-corrected chi connectivity index (χ4v) is 2.38. The number of aryl methyl sites for hydroxylation is 1. The third-order valence-corrected chi connectivity index (χ3v) is 3.54. The summed E-state index contributed by atoms with van der Waals surface area (Å²) in [4.78, 5) is 31.3. The summed E-state index contributed by atoms with van der Waals surface area (Å²) < 4.78 is 33.2. The van der Waals surface area contributed by atoms with Crippen molar-refractivity contribution >= 4 is 17.7 Å². The molecule has 0 spiro atoms. The number of hydrogen-bond acceptors (Lipinski definition) is 6. The van der Waals surface area contributed by atoms with Crippen molar-refractivity contribution in [2.75, 3.05) is 38.2 Å². The van der Waals surface area contributed by atoms with E-state index in [0.717, 1.165) is 0 Å². The van der Waals surface area contributed by atoms with Gasteiger partial charge in [0.15, 0.2) is 0 Å². The van der Waals surface area contributed by atoms with Gasteiger partial charge in [-0.05, 0) is 39.8 Å². The fourth-order valence-electron chi connectivity index (χ4n) is 2.38. The number of carbonyl (C=O) groups excluding carboxylic acids is 2. The number of hydrogen-bond donors (Lipinski definition) is 0. The molecular formula is C17H25N3O4. The SMILES string of the molecule is [2H]C([2H])([2H])c1nc(C(=O)OC)ccc1N1CCN(C(=O)OC(C)(C)C)CC1. The van der Waals surface area contributed by atoms with E-state index in [9.17, 15) is 9.59 Å². The molecule has 0 radical (unpaired) electrons. The summed E-state index contributed by atoms with van der Waals surface area (Å²) in [6.07, 6.45) is -0.391. The maximum atomic E-state index is 12.2. The van der Waals surface area contributed by atoms with Gasteiger partial charge in [0, 0.05) is 30.3 Å². The van der Waals surface area contributed by atoms with E-state index in [0.29, 0.717) is 31.9 Å². The second-order valence-corrected chi connectivity index (χ2v) is 6.51. The number of anilines is 1. The molecule has 2 heterocycles. The minimum absolute atomic E-state index is 0.0558. The molecule has 0 N–H and O–H groups in total. The van der Waals surface area contributed by atoms with Gasteiger partial charge in [0.1, 0.15) is 11.3 Å². The van der Waals surface area contributed by atoms with Crippen molar-refractivity contribution in [3.63, 3.8) is 0 Å². The number of carbonyl (C=O) groups is 2. The Labute approximate surface area is 146 Å².